The van der Waals surface area contributed by atoms with Crippen LogP contribution in [0, 0.1) is 5.82 Å². The summed E-state index contributed by atoms with van der Waals surface area (Å²) in [6.07, 6.45) is 2.97. The molecule has 0 spiro atoms. The molecule has 0 aromatic heterocycles. The van der Waals surface area contributed by atoms with Crippen molar-refractivity contribution in [2.45, 2.75) is 71.4 Å². The summed E-state index contributed by atoms with van der Waals surface area (Å²) in [6.45, 7) is 6.95. The van der Waals surface area contributed by atoms with Gasteiger partial charge in [0.15, 0.2) is 0 Å². The van der Waals surface area contributed by atoms with E-state index in [4.69, 9.17) is 0 Å². The number of rotatable bonds is 13. The van der Waals surface area contributed by atoms with Crippen LogP contribution in [-0.2, 0) is 29.0 Å². The van der Waals surface area contributed by atoms with Crippen molar-refractivity contribution in [1.29, 1.82) is 0 Å². The molecule has 3 aromatic rings. The summed E-state index contributed by atoms with van der Waals surface area (Å²) in [6, 6.07) is 23.7. The van der Waals surface area contributed by atoms with E-state index in [9.17, 15) is 14.0 Å². The number of unbranched alkanes of at least 4 members (excludes halogenated alkanes) is 1. The van der Waals surface area contributed by atoms with Gasteiger partial charge in [0, 0.05) is 31.5 Å². The average Bonchev–Trinajstić information content (AvgIpc) is 2.91. The molecule has 0 aliphatic rings. The summed E-state index contributed by atoms with van der Waals surface area (Å²) in [5.74, 6) is -0.308. The van der Waals surface area contributed by atoms with Crippen molar-refractivity contribution in [2.24, 2.45) is 0 Å². The highest BCUT2D eigenvalue weighted by atomic mass is 19.1. The quantitative estimate of drug-likeness (QED) is 0.274. The topological polar surface area (TPSA) is 49.4 Å². The average molecular weight is 503 g/mol. The summed E-state index contributed by atoms with van der Waals surface area (Å²) < 4.78 is 14.7. The molecule has 0 saturated carbocycles. The maximum Gasteiger partial charge on any atom is 0.243 e. The van der Waals surface area contributed by atoms with Crippen molar-refractivity contribution in [1.82, 2.24) is 10.2 Å². The lowest BCUT2D eigenvalue weighted by atomic mass is 9.99. The van der Waals surface area contributed by atoms with Gasteiger partial charge in [-0.1, -0.05) is 100.0 Å². The van der Waals surface area contributed by atoms with Crippen LogP contribution in [0.5, 0.6) is 0 Å². The molecule has 2 amide bonds. The summed E-state index contributed by atoms with van der Waals surface area (Å²) in [5.41, 5.74) is 3.67. The van der Waals surface area contributed by atoms with Gasteiger partial charge in [-0.05, 0) is 41.5 Å². The maximum absolute atomic E-state index is 14.7. The van der Waals surface area contributed by atoms with Crippen LogP contribution in [-0.4, -0.2) is 29.3 Å². The van der Waals surface area contributed by atoms with Crippen molar-refractivity contribution in [3.05, 3.63) is 107 Å². The van der Waals surface area contributed by atoms with Gasteiger partial charge in [0.25, 0.3) is 0 Å². The molecule has 3 aromatic carbocycles. The Kier molecular flexibility index (Phi) is 10.9. The van der Waals surface area contributed by atoms with Gasteiger partial charge in [-0.25, -0.2) is 4.39 Å². The first-order valence-corrected chi connectivity index (χ1v) is 13.3. The molecule has 37 heavy (non-hydrogen) atoms. The number of carbonyl (C=O) groups excluding carboxylic acids is 2. The molecule has 0 aliphatic carbocycles. The zero-order valence-corrected chi connectivity index (χ0v) is 22.3. The zero-order valence-electron chi connectivity index (χ0n) is 22.3. The summed E-state index contributed by atoms with van der Waals surface area (Å²) in [4.78, 5) is 28.7. The summed E-state index contributed by atoms with van der Waals surface area (Å²) >= 11 is 0. The molecular weight excluding hydrogens is 463 g/mol. The minimum Gasteiger partial charge on any atom is -0.354 e. The minimum atomic E-state index is -0.741. The molecule has 4 nitrogen and oxygen atoms in total. The van der Waals surface area contributed by atoms with Gasteiger partial charge in [-0.2, -0.15) is 0 Å². The molecule has 0 bridgehead atoms. The van der Waals surface area contributed by atoms with Gasteiger partial charge in [-0.3, -0.25) is 9.59 Å². The van der Waals surface area contributed by atoms with Crippen LogP contribution in [0.25, 0.3) is 0 Å². The second kappa shape index (κ2) is 14.3. The molecule has 0 radical (unpaired) electrons. The molecule has 0 unspecified atom stereocenters. The summed E-state index contributed by atoms with van der Waals surface area (Å²) in [5, 5.41) is 3.00. The first-order valence-electron chi connectivity index (χ1n) is 13.3. The van der Waals surface area contributed by atoms with Gasteiger partial charge >= 0.3 is 0 Å². The third-order valence-electron chi connectivity index (χ3n) is 6.67. The second-order valence-electron chi connectivity index (χ2n) is 9.86. The Morgan fingerprint density at radius 1 is 0.892 bits per heavy atom. The standard InChI is InChI=1S/C32H39FN2O2/c1-4-5-21-34-32(37)30(22-26-11-7-6-8-12-26)35(23-28-13-9-10-14-29(28)33)31(36)20-17-25-15-18-27(19-16-25)24(2)3/h6-16,18-19,24,30H,4-5,17,20-23H2,1-3H3,(H,34,37)/t30-/m0/s1. The lowest BCUT2D eigenvalue weighted by Crippen LogP contribution is -2.50. The van der Waals surface area contributed by atoms with Crippen molar-refractivity contribution in [3.63, 3.8) is 0 Å². The smallest absolute Gasteiger partial charge is 0.243 e. The fourth-order valence-electron chi connectivity index (χ4n) is 4.33. The van der Waals surface area contributed by atoms with Gasteiger partial charge in [0.2, 0.25) is 11.8 Å². The second-order valence-corrected chi connectivity index (χ2v) is 9.86. The van der Waals surface area contributed by atoms with Crippen LogP contribution < -0.4 is 5.32 Å². The van der Waals surface area contributed by atoms with Crippen LogP contribution >= 0.6 is 0 Å². The minimum absolute atomic E-state index is 0.0382. The molecule has 3 rings (SSSR count). The van der Waals surface area contributed by atoms with E-state index in [0.29, 0.717) is 30.9 Å². The van der Waals surface area contributed by atoms with Crippen LogP contribution in [0.2, 0.25) is 0 Å². The van der Waals surface area contributed by atoms with E-state index >= 15 is 0 Å². The lowest BCUT2D eigenvalue weighted by Gasteiger charge is -2.32. The van der Waals surface area contributed by atoms with Gasteiger partial charge < -0.3 is 10.2 Å². The highest BCUT2D eigenvalue weighted by molar-refractivity contribution is 5.88. The van der Waals surface area contributed by atoms with Crippen molar-refractivity contribution >= 4 is 11.8 Å². The Balaban J connectivity index is 1.87. The number of carbonyl (C=O) groups is 2. The van der Waals surface area contributed by atoms with Crippen LogP contribution in [0.4, 0.5) is 4.39 Å². The molecule has 5 heteroatoms. The van der Waals surface area contributed by atoms with E-state index in [0.717, 1.165) is 24.0 Å². The number of benzene rings is 3. The van der Waals surface area contributed by atoms with Crippen molar-refractivity contribution < 1.29 is 14.0 Å². The van der Waals surface area contributed by atoms with Crippen LogP contribution in [0.3, 0.4) is 0 Å². The number of hydrogen-bond acceptors (Lipinski definition) is 2. The predicted octanol–water partition coefficient (Wildman–Crippen LogP) is 6.44. The lowest BCUT2D eigenvalue weighted by molar-refractivity contribution is -0.141. The third kappa shape index (κ3) is 8.56. The molecular formula is C32H39FN2O2. The van der Waals surface area contributed by atoms with Gasteiger partial charge in [0.05, 0.1) is 0 Å². The molecule has 196 valence electrons. The largest absolute Gasteiger partial charge is 0.354 e. The number of nitrogens with one attached hydrogen (secondary N) is 1. The van der Waals surface area contributed by atoms with E-state index in [1.807, 2.05) is 30.3 Å². The SMILES string of the molecule is CCCCNC(=O)[C@H](Cc1ccccc1)N(Cc1ccccc1F)C(=O)CCc1ccc(C(C)C)cc1. The molecule has 0 fully saturated rings. The Labute approximate surface area is 220 Å². The maximum atomic E-state index is 14.7. The monoisotopic (exact) mass is 502 g/mol. The van der Waals surface area contributed by atoms with Crippen LogP contribution in [0.1, 0.15) is 68.2 Å². The summed E-state index contributed by atoms with van der Waals surface area (Å²) in [7, 11) is 0. The van der Waals surface area contributed by atoms with Crippen LogP contribution in [0.15, 0.2) is 78.9 Å². The first kappa shape index (κ1) is 28.1. The fourth-order valence-corrected chi connectivity index (χ4v) is 4.33. The van der Waals surface area contributed by atoms with E-state index in [2.05, 4.69) is 50.4 Å². The first-order chi connectivity index (χ1) is 17.9. The zero-order chi connectivity index (χ0) is 26.6. The number of halogens is 1. The molecule has 0 saturated heterocycles. The number of aryl methyl sites for hydroxylation is 1. The fraction of sp³-hybridized carbons (Fsp3) is 0.375. The Hall–Kier alpha value is -3.47. The predicted molar refractivity (Wildman–Crippen MR) is 148 cm³/mol. The Morgan fingerprint density at radius 3 is 2.22 bits per heavy atom. The normalized spacial score (nSPS) is 11.8. The third-order valence-corrected chi connectivity index (χ3v) is 6.67. The Morgan fingerprint density at radius 2 is 1.57 bits per heavy atom. The molecule has 0 heterocycles. The Bertz CT molecular complexity index is 1130. The highest BCUT2D eigenvalue weighted by Gasteiger charge is 2.30. The molecule has 1 atom stereocenters. The van der Waals surface area contributed by atoms with Gasteiger partial charge in [0.1, 0.15) is 11.9 Å². The highest BCUT2D eigenvalue weighted by Crippen LogP contribution is 2.20. The van der Waals surface area contributed by atoms with Gasteiger partial charge in [-0.15, -0.1) is 0 Å². The number of nitrogens with zero attached hydrogens (tertiary/aromatic N) is 1. The molecule has 0 aliphatic heterocycles. The van der Waals surface area contributed by atoms with E-state index in [1.165, 1.54) is 11.6 Å². The number of hydrogen-bond donors (Lipinski definition) is 1. The van der Waals surface area contributed by atoms with E-state index in [1.54, 1.807) is 23.1 Å². The molecule has 1 N–H and O–H groups in total. The van der Waals surface area contributed by atoms with Crippen molar-refractivity contribution in [3.8, 4) is 0 Å². The number of amides is 2. The van der Waals surface area contributed by atoms with E-state index in [-0.39, 0.29) is 30.6 Å². The van der Waals surface area contributed by atoms with E-state index < -0.39 is 6.04 Å². The van der Waals surface area contributed by atoms with Crippen molar-refractivity contribution in [2.75, 3.05) is 6.54 Å².